The Kier molecular flexibility index (Phi) is 21.9. The molecule has 1 aromatic rings. The molecular weight excluding hydrogens is 849 g/mol. The quantitative estimate of drug-likeness (QED) is 0.0660. The first-order chi connectivity index (χ1) is 31.2. The van der Waals surface area contributed by atoms with Crippen LogP contribution in [0.15, 0.2) is 42.5 Å². The van der Waals surface area contributed by atoms with Gasteiger partial charge in [-0.05, 0) is 56.9 Å². The molecule has 1 saturated heterocycles. The monoisotopic (exact) mass is 925 g/mol. The highest BCUT2D eigenvalue weighted by Crippen LogP contribution is 2.30. The predicted octanol–water partition coefficient (Wildman–Crippen LogP) is 3.58. The van der Waals surface area contributed by atoms with Crippen molar-refractivity contribution in [2.24, 2.45) is 23.2 Å². The highest BCUT2D eigenvalue weighted by Gasteiger charge is 2.44. The molecule has 2 heterocycles. The first-order valence-corrected chi connectivity index (χ1v) is 23.4. The van der Waals surface area contributed by atoms with Crippen LogP contribution in [0.2, 0.25) is 0 Å². The number of nitrogens with one attached hydrogen (secondary N) is 3. The Morgan fingerprint density at radius 2 is 1.55 bits per heavy atom. The molecule has 3 rings (SSSR count). The van der Waals surface area contributed by atoms with E-state index in [1.165, 1.54) is 38.4 Å². The summed E-state index contributed by atoms with van der Waals surface area (Å²) in [7, 11) is 5.96. The first kappa shape index (κ1) is 55.2. The van der Waals surface area contributed by atoms with Crippen molar-refractivity contribution in [1.82, 2.24) is 30.7 Å². The molecule has 0 aromatic heterocycles. The molecule has 7 amide bonds. The van der Waals surface area contributed by atoms with Gasteiger partial charge in [0.25, 0.3) is 11.8 Å². The van der Waals surface area contributed by atoms with E-state index in [0.29, 0.717) is 51.6 Å². The zero-order valence-corrected chi connectivity index (χ0v) is 41.1. The summed E-state index contributed by atoms with van der Waals surface area (Å²) >= 11 is 0. The van der Waals surface area contributed by atoms with Gasteiger partial charge in [0.1, 0.15) is 12.1 Å². The van der Waals surface area contributed by atoms with Crippen molar-refractivity contribution in [2.75, 3.05) is 48.0 Å². The molecule has 3 N–H and O–H groups in total. The van der Waals surface area contributed by atoms with Gasteiger partial charge in [-0.15, -0.1) is 0 Å². The summed E-state index contributed by atoms with van der Waals surface area (Å²) in [6.07, 6.45) is 5.19. The van der Waals surface area contributed by atoms with Crippen LogP contribution in [-0.2, 0) is 59.0 Å². The largest absolute Gasteiger partial charge is 0.467 e. The van der Waals surface area contributed by atoms with E-state index >= 15 is 0 Å². The molecule has 1 fully saturated rings. The lowest BCUT2D eigenvalue weighted by atomic mass is 9.88. The average molecular weight is 925 g/mol. The van der Waals surface area contributed by atoms with Gasteiger partial charge < -0.3 is 40.0 Å². The molecule has 0 saturated carbocycles. The van der Waals surface area contributed by atoms with Crippen LogP contribution in [0.1, 0.15) is 105 Å². The van der Waals surface area contributed by atoms with Crippen LogP contribution in [0.3, 0.4) is 0 Å². The summed E-state index contributed by atoms with van der Waals surface area (Å²) in [6.45, 7) is 13.5. The van der Waals surface area contributed by atoms with Gasteiger partial charge in [-0.1, -0.05) is 77.8 Å². The number of hydrogen-bond acceptors (Lipinski definition) is 11. The number of likely N-dealkylation sites (N-methyl/N-ethyl adjacent to an activating group) is 1. The Morgan fingerprint density at radius 1 is 0.894 bits per heavy atom. The molecule has 2 aliphatic rings. The number of esters is 1. The molecule has 1 aromatic carbocycles. The van der Waals surface area contributed by atoms with Crippen LogP contribution in [0, 0.1) is 23.2 Å². The Bertz CT molecular complexity index is 1840. The third-order valence-corrected chi connectivity index (χ3v) is 13.1. The van der Waals surface area contributed by atoms with Crippen molar-refractivity contribution in [3.63, 3.8) is 0 Å². The van der Waals surface area contributed by atoms with E-state index in [0.717, 1.165) is 5.56 Å². The summed E-state index contributed by atoms with van der Waals surface area (Å²) < 4.78 is 17.0. The molecule has 17 heteroatoms. The molecule has 368 valence electrons. The van der Waals surface area contributed by atoms with Crippen LogP contribution in [0.25, 0.3) is 0 Å². The molecule has 0 aliphatic carbocycles. The maximum Gasteiger partial charge on any atom is 0.328 e. The van der Waals surface area contributed by atoms with E-state index < -0.39 is 65.5 Å². The predicted molar refractivity (Wildman–Crippen MR) is 248 cm³/mol. The van der Waals surface area contributed by atoms with E-state index in [9.17, 15) is 38.4 Å². The highest BCUT2D eigenvalue weighted by atomic mass is 16.5. The molecule has 0 radical (unpaired) electrons. The van der Waals surface area contributed by atoms with E-state index in [1.54, 1.807) is 37.6 Å². The SMILES string of the molecule is CCC(C)C(C(CC(=O)N1CCC[C@H]1C(OC)C(C)C(=O)NC(Cc1ccccc1)C(=O)OC)OC)N(C)C(=O)C(NC(=O)C(C)(C)CNC(=O)CCCCCN1C(=O)C=CC1=O)C(C)C. The van der Waals surface area contributed by atoms with E-state index in [4.69, 9.17) is 14.2 Å². The molecule has 7 unspecified atom stereocenters. The molecule has 17 nitrogen and oxygen atoms in total. The van der Waals surface area contributed by atoms with Crippen molar-refractivity contribution in [3.8, 4) is 0 Å². The Balaban J connectivity index is 1.65. The first-order valence-electron chi connectivity index (χ1n) is 23.4. The molecule has 0 spiro atoms. The van der Waals surface area contributed by atoms with Gasteiger partial charge in [0.2, 0.25) is 29.5 Å². The lowest BCUT2D eigenvalue weighted by Gasteiger charge is -2.41. The standard InChI is InChI=1S/C49H76N6O11/c1-12-32(4)43(53(8)46(61)42(31(2)3)52-48(63)49(6,7)30-50-38(56)23-17-14-18-26-55-39(57)24-25-40(55)58)37(64-9)29-41(59)54-27-19-22-36(54)44(65-10)33(5)45(60)51-35(47(62)66-11)28-34-20-15-13-16-21-34/h13,15-16,20-21,24-25,31-33,35-37,42-44H,12,14,17-19,22-23,26-30H2,1-11H3,(H,50,56)(H,51,60)(H,52,63)/t32?,33?,35?,36-,37?,42?,43?,44?/m0/s1. The summed E-state index contributed by atoms with van der Waals surface area (Å²) in [4.78, 5) is 110. The van der Waals surface area contributed by atoms with Crippen LogP contribution in [0.5, 0.6) is 0 Å². The van der Waals surface area contributed by atoms with E-state index in [-0.39, 0.29) is 67.2 Å². The molecule has 8 atom stereocenters. The fraction of sp³-hybridized carbons (Fsp3) is 0.673. The third kappa shape index (κ3) is 15.2. The normalized spacial score (nSPS) is 18.3. The number of methoxy groups -OCH3 is 3. The van der Waals surface area contributed by atoms with Crippen LogP contribution in [0.4, 0.5) is 0 Å². The summed E-state index contributed by atoms with van der Waals surface area (Å²) in [5.74, 6) is -4.02. The fourth-order valence-corrected chi connectivity index (χ4v) is 8.74. The number of rotatable bonds is 27. The number of likely N-dealkylation sites (tertiary alicyclic amines) is 1. The van der Waals surface area contributed by atoms with Crippen molar-refractivity contribution in [3.05, 3.63) is 48.0 Å². The minimum atomic E-state index is -1.07. The number of hydrogen-bond donors (Lipinski definition) is 3. The van der Waals surface area contributed by atoms with Crippen molar-refractivity contribution in [1.29, 1.82) is 0 Å². The van der Waals surface area contributed by atoms with Gasteiger partial charge >= 0.3 is 5.97 Å². The van der Waals surface area contributed by atoms with Gasteiger partial charge in [-0.25, -0.2) is 4.79 Å². The van der Waals surface area contributed by atoms with Gasteiger partial charge in [0.05, 0.1) is 49.2 Å². The second-order valence-electron chi connectivity index (χ2n) is 18.7. The molecule has 2 aliphatic heterocycles. The van der Waals surface area contributed by atoms with Crippen LogP contribution in [-0.4, -0.2) is 146 Å². The average Bonchev–Trinajstić information content (AvgIpc) is 3.91. The maximum absolute atomic E-state index is 14.5. The van der Waals surface area contributed by atoms with Gasteiger partial charge in [0.15, 0.2) is 0 Å². The minimum Gasteiger partial charge on any atom is -0.467 e. The van der Waals surface area contributed by atoms with E-state index in [2.05, 4.69) is 16.0 Å². The van der Waals surface area contributed by atoms with Gasteiger partial charge in [-0.2, -0.15) is 0 Å². The summed E-state index contributed by atoms with van der Waals surface area (Å²) in [6, 6.07) is 6.47. The number of carbonyl (C=O) groups is 8. The number of imide groups is 1. The van der Waals surface area contributed by atoms with Crippen molar-refractivity contribution >= 4 is 47.3 Å². The zero-order valence-electron chi connectivity index (χ0n) is 41.1. The van der Waals surface area contributed by atoms with E-state index in [1.807, 2.05) is 58.0 Å². The number of ether oxygens (including phenoxy) is 3. The highest BCUT2D eigenvalue weighted by molar-refractivity contribution is 6.12. The maximum atomic E-state index is 14.5. The smallest absolute Gasteiger partial charge is 0.328 e. The topological polar surface area (TPSA) is 210 Å². The number of carbonyl (C=O) groups excluding carboxylic acids is 8. The molecular formula is C49H76N6O11. The number of nitrogens with zero attached hydrogens (tertiary/aromatic N) is 3. The Morgan fingerprint density at radius 3 is 2.12 bits per heavy atom. The zero-order chi connectivity index (χ0) is 49.3. The van der Waals surface area contributed by atoms with Crippen molar-refractivity contribution in [2.45, 2.75) is 143 Å². The summed E-state index contributed by atoms with van der Waals surface area (Å²) in [5, 5.41) is 8.64. The lowest BCUT2D eigenvalue weighted by Crippen LogP contribution is -2.59. The Labute approximate surface area is 391 Å². The fourth-order valence-electron chi connectivity index (χ4n) is 8.74. The van der Waals surface area contributed by atoms with Crippen LogP contribution < -0.4 is 16.0 Å². The second-order valence-corrected chi connectivity index (χ2v) is 18.7. The second kappa shape index (κ2) is 26.2. The van der Waals surface area contributed by atoms with Gasteiger partial charge in [-0.3, -0.25) is 38.5 Å². The number of unbranched alkanes of at least 4 members (excludes halogenated alkanes) is 2. The molecule has 66 heavy (non-hydrogen) atoms. The summed E-state index contributed by atoms with van der Waals surface area (Å²) in [5.41, 5.74) is -0.217. The van der Waals surface area contributed by atoms with Crippen molar-refractivity contribution < 1.29 is 52.6 Å². The van der Waals surface area contributed by atoms with Gasteiger partial charge in [0, 0.05) is 65.9 Å². The lowest BCUT2D eigenvalue weighted by molar-refractivity contribution is -0.149. The van der Waals surface area contributed by atoms with Crippen LogP contribution >= 0.6 is 0 Å². The number of benzene rings is 1. The number of amides is 7. The Hall–Kier alpha value is -5.16. The molecule has 0 bridgehead atoms. The third-order valence-electron chi connectivity index (χ3n) is 13.1. The minimum absolute atomic E-state index is 0.0332.